The summed E-state index contributed by atoms with van der Waals surface area (Å²) in [6.07, 6.45) is 3.28. The van der Waals surface area contributed by atoms with Gasteiger partial charge in [0.15, 0.2) is 5.78 Å². The molecule has 0 bridgehead atoms. The highest BCUT2D eigenvalue weighted by atomic mass is 16.4. The van der Waals surface area contributed by atoms with Crippen LogP contribution in [0.25, 0.3) is 27.8 Å². The largest absolute Gasteiger partial charge is 0.421 e. The molecule has 0 aliphatic rings. The topological polar surface area (TPSA) is 67.6 Å². The molecule has 5 nitrogen and oxygen atoms in total. The number of ketones is 1. The predicted molar refractivity (Wildman–Crippen MR) is 123 cm³/mol. The van der Waals surface area contributed by atoms with Crippen molar-refractivity contribution in [2.45, 2.75) is 6.92 Å². The van der Waals surface area contributed by atoms with Crippen LogP contribution in [0.3, 0.4) is 0 Å². The van der Waals surface area contributed by atoms with Gasteiger partial charge in [-0.25, -0.2) is 4.79 Å². The number of nitrogens with zero attached hydrogens (tertiary/aromatic N) is 1. The van der Waals surface area contributed by atoms with E-state index in [2.05, 4.69) is 0 Å². The van der Waals surface area contributed by atoms with Gasteiger partial charge in [-0.3, -0.25) is 9.59 Å². The number of aryl methyl sites for hydroxylation is 1. The number of rotatable bonds is 4. The molecule has 31 heavy (non-hydrogen) atoms. The van der Waals surface area contributed by atoms with Gasteiger partial charge in [0.1, 0.15) is 11.1 Å². The molecule has 0 saturated carbocycles. The molecule has 4 rings (SSSR count). The second-order valence-corrected chi connectivity index (χ2v) is 7.64. The number of amides is 1. The zero-order valence-electron chi connectivity index (χ0n) is 17.5. The third-order valence-corrected chi connectivity index (χ3v) is 5.16. The highest BCUT2D eigenvalue weighted by Gasteiger charge is 2.17. The number of allylic oxidation sites excluding steroid dienone is 1. The average Bonchev–Trinajstić information content (AvgIpc) is 2.77. The second kappa shape index (κ2) is 8.03. The van der Waals surface area contributed by atoms with Crippen LogP contribution in [0, 0.1) is 6.92 Å². The molecule has 0 atom stereocenters. The Kier molecular flexibility index (Phi) is 5.26. The van der Waals surface area contributed by atoms with Crippen LogP contribution in [0.1, 0.15) is 31.8 Å². The molecule has 4 aromatic rings. The maximum Gasteiger partial charge on any atom is 0.349 e. The molecule has 5 heteroatoms. The van der Waals surface area contributed by atoms with E-state index in [0.29, 0.717) is 16.5 Å². The van der Waals surface area contributed by atoms with Crippen molar-refractivity contribution >= 4 is 39.5 Å². The minimum absolute atomic E-state index is 0.0292. The standard InChI is InChI=1S/C26H21NO4/c1-16-8-10-17(11-9-16)23(28)13-12-18-14-19-15-22(25(29)27(2)3)26(30)31-24(19)21-7-5-4-6-20(18)21/h4-15H,1-3H3/b13-12+. The fourth-order valence-corrected chi connectivity index (χ4v) is 3.49. The summed E-state index contributed by atoms with van der Waals surface area (Å²) in [6, 6.07) is 18.3. The summed E-state index contributed by atoms with van der Waals surface area (Å²) in [7, 11) is 3.16. The molecule has 0 N–H and O–H groups in total. The van der Waals surface area contributed by atoms with Gasteiger partial charge in [-0.1, -0.05) is 60.2 Å². The van der Waals surface area contributed by atoms with Gasteiger partial charge in [-0.15, -0.1) is 0 Å². The Morgan fingerprint density at radius 2 is 1.61 bits per heavy atom. The van der Waals surface area contributed by atoms with Crippen molar-refractivity contribution in [1.29, 1.82) is 0 Å². The normalized spacial score (nSPS) is 11.3. The molecule has 0 unspecified atom stereocenters. The number of fused-ring (bicyclic) bond motifs is 3. The van der Waals surface area contributed by atoms with E-state index in [1.165, 1.54) is 11.0 Å². The number of benzene rings is 3. The van der Waals surface area contributed by atoms with Gasteiger partial charge >= 0.3 is 5.63 Å². The van der Waals surface area contributed by atoms with E-state index in [-0.39, 0.29) is 11.3 Å². The van der Waals surface area contributed by atoms with Gasteiger partial charge in [0.25, 0.3) is 5.91 Å². The van der Waals surface area contributed by atoms with Gasteiger partial charge < -0.3 is 9.32 Å². The molecule has 0 radical (unpaired) electrons. The van der Waals surface area contributed by atoms with E-state index in [1.807, 2.05) is 49.4 Å². The summed E-state index contributed by atoms with van der Waals surface area (Å²) in [4.78, 5) is 38.7. The first kappa shape index (κ1) is 20.3. The molecular weight excluding hydrogens is 390 g/mol. The van der Waals surface area contributed by atoms with E-state index in [4.69, 9.17) is 4.42 Å². The Hall–Kier alpha value is -3.99. The smallest absolute Gasteiger partial charge is 0.349 e. The third-order valence-electron chi connectivity index (χ3n) is 5.16. The lowest BCUT2D eigenvalue weighted by Crippen LogP contribution is -2.27. The van der Waals surface area contributed by atoms with Gasteiger partial charge in [0, 0.05) is 30.4 Å². The molecule has 0 aliphatic carbocycles. The lowest BCUT2D eigenvalue weighted by atomic mass is 9.99. The molecule has 0 saturated heterocycles. The summed E-state index contributed by atoms with van der Waals surface area (Å²) in [6.45, 7) is 1.97. The van der Waals surface area contributed by atoms with Gasteiger partial charge in [0.05, 0.1) is 0 Å². The lowest BCUT2D eigenvalue weighted by Gasteiger charge is -2.11. The average molecular weight is 411 g/mol. The number of hydrogen-bond donors (Lipinski definition) is 0. The zero-order chi connectivity index (χ0) is 22.1. The summed E-state index contributed by atoms with van der Waals surface area (Å²) < 4.78 is 5.54. The van der Waals surface area contributed by atoms with E-state index >= 15 is 0 Å². The quantitative estimate of drug-likeness (QED) is 0.208. The van der Waals surface area contributed by atoms with Crippen molar-refractivity contribution in [3.8, 4) is 0 Å². The number of hydrogen-bond acceptors (Lipinski definition) is 4. The Balaban J connectivity index is 1.86. The number of carbonyl (C=O) groups excluding carboxylic acids is 2. The maximum atomic E-state index is 12.6. The molecule has 1 heterocycles. The Morgan fingerprint density at radius 1 is 0.935 bits per heavy atom. The first-order valence-corrected chi connectivity index (χ1v) is 9.85. The van der Waals surface area contributed by atoms with Crippen molar-refractivity contribution in [3.05, 3.63) is 99.4 Å². The lowest BCUT2D eigenvalue weighted by molar-refractivity contribution is 0.0823. The molecule has 1 amide bonds. The fourth-order valence-electron chi connectivity index (χ4n) is 3.49. The zero-order valence-corrected chi connectivity index (χ0v) is 17.5. The van der Waals surface area contributed by atoms with E-state index in [9.17, 15) is 14.4 Å². The van der Waals surface area contributed by atoms with Crippen LogP contribution in [0.4, 0.5) is 0 Å². The minimum atomic E-state index is -0.672. The first-order valence-electron chi connectivity index (χ1n) is 9.85. The second-order valence-electron chi connectivity index (χ2n) is 7.64. The SMILES string of the molecule is Cc1ccc(C(=O)/C=C/c2cc3cc(C(=O)N(C)C)c(=O)oc3c3ccccc23)cc1. The Morgan fingerprint density at radius 3 is 2.29 bits per heavy atom. The van der Waals surface area contributed by atoms with E-state index in [0.717, 1.165) is 21.9 Å². The van der Waals surface area contributed by atoms with Gasteiger partial charge in [0.2, 0.25) is 0 Å². The molecule has 0 spiro atoms. The monoisotopic (exact) mass is 411 g/mol. The molecule has 154 valence electrons. The first-order chi connectivity index (χ1) is 14.8. The van der Waals surface area contributed by atoms with E-state index in [1.54, 1.807) is 38.4 Å². The summed E-state index contributed by atoms with van der Waals surface area (Å²) in [5.41, 5.74) is 2.20. The minimum Gasteiger partial charge on any atom is -0.421 e. The van der Waals surface area contributed by atoms with E-state index < -0.39 is 11.5 Å². The van der Waals surface area contributed by atoms with Crippen molar-refractivity contribution in [1.82, 2.24) is 4.90 Å². The van der Waals surface area contributed by atoms with Crippen LogP contribution in [0.5, 0.6) is 0 Å². The van der Waals surface area contributed by atoms with Gasteiger partial charge in [-0.05, 0) is 36.1 Å². The third kappa shape index (κ3) is 3.90. The summed E-state index contributed by atoms with van der Waals surface area (Å²) >= 11 is 0. The van der Waals surface area contributed by atoms with Crippen LogP contribution < -0.4 is 5.63 Å². The molecular formula is C26H21NO4. The summed E-state index contributed by atoms with van der Waals surface area (Å²) in [5.74, 6) is -0.525. The Labute approximate surface area is 179 Å². The van der Waals surface area contributed by atoms with Crippen molar-refractivity contribution in [3.63, 3.8) is 0 Å². The predicted octanol–water partition coefficient (Wildman–Crippen LogP) is 4.85. The summed E-state index contributed by atoms with van der Waals surface area (Å²) in [5, 5.41) is 2.20. The van der Waals surface area contributed by atoms with Gasteiger partial charge in [-0.2, -0.15) is 0 Å². The highest BCUT2D eigenvalue weighted by Crippen LogP contribution is 2.29. The van der Waals surface area contributed by atoms with Crippen LogP contribution in [0.2, 0.25) is 0 Å². The molecule has 1 aromatic heterocycles. The fraction of sp³-hybridized carbons (Fsp3) is 0.115. The van der Waals surface area contributed by atoms with Crippen LogP contribution in [-0.2, 0) is 0 Å². The van der Waals surface area contributed by atoms with Crippen LogP contribution >= 0.6 is 0 Å². The Bertz CT molecular complexity index is 1410. The van der Waals surface area contributed by atoms with Crippen molar-refractivity contribution in [2.24, 2.45) is 0 Å². The molecule has 3 aromatic carbocycles. The van der Waals surface area contributed by atoms with Crippen molar-refractivity contribution < 1.29 is 14.0 Å². The molecule has 0 fully saturated rings. The maximum absolute atomic E-state index is 12.6. The molecule has 0 aliphatic heterocycles. The number of carbonyl (C=O) groups is 2. The van der Waals surface area contributed by atoms with Crippen molar-refractivity contribution in [2.75, 3.05) is 14.1 Å². The van der Waals surface area contributed by atoms with Crippen LogP contribution in [-0.4, -0.2) is 30.7 Å². The van der Waals surface area contributed by atoms with Crippen LogP contribution in [0.15, 0.2) is 76.0 Å². The highest BCUT2D eigenvalue weighted by molar-refractivity contribution is 6.12.